The smallest absolute Gasteiger partial charge is 0.257 e. The SMILES string of the molecule is O=C(c1ccccc1F)N(Cc1cnc(S(=O)(=O)Cc2ccc(F)cc2)n1C[C@H]1CCCO1)CC1CC1. The van der Waals surface area contributed by atoms with E-state index in [1.54, 1.807) is 15.5 Å². The Bertz CT molecular complexity index is 1360. The summed E-state index contributed by atoms with van der Waals surface area (Å²) in [5.41, 5.74) is 0.968. The molecule has 2 fully saturated rings. The summed E-state index contributed by atoms with van der Waals surface area (Å²) in [6.45, 7) is 1.43. The van der Waals surface area contributed by atoms with E-state index < -0.39 is 27.4 Å². The summed E-state index contributed by atoms with van der Waals surface area (Å²) in [4.78, 5) is 19.2. The first-order valence-electron chi connectivity index (χ1n) is 12.5. The van der Waals surface area contributed by atoms with Crippen LogP contribution in [0.4, 0.5) is 8.78 Å². The van der Waals surface area contributed by atoms with Crippen LogP contribution in [0, 0.1) is 17.6 Å². The van der Waals surface area contributed by atoms with Gasteiger partial charge in [0.2, 0.25) is 15.0 Å². The lowest BCUT2D eigenvalue weighted by molar-refractivity contribution is 0.0718. The van der Waals surface area contributed by atoms with Crippen LogP contribution in [0.3, 0.4) is 0 Å². The molecule has 37 heavy (non-hydrogen) atoms. The number of carbonyl (C=O) groups excluding carboxylic acids is 1. The molecule has 1 saturated carbocycles. The number of amides is 1. The Morgan fingerprint density at radius 1 is 1.08 bits per heavy atom. The summed E-state index contributed by atoms with van der Waals surface area (Å²) >= 11 is 0. The minimum absolute atomic E-state index is 0.0162. The Kier molecular flexibility index (Phi) is 7.39. The van der Waals surface area contributed by atoms with Crippen LogP contribution in [0.15, 0.2) is 59.9 Å². The first-order valence-corrected chi connectivity index (χ1v) is 14.1. The third-order valence-corrected chi connectivity index (χ3v) is 8.38. The molecular weight excluding hydrogens is 500 g/mol. The fourth-order valence-corrected chi connectivity index (χ4v) is 6.15. The van der Waals surface area contributed by atoms with Gasteiger partial charge >= 0.3 is 0 Å². The molecule has 0 bridgehead atoms. The number of carbonyl (C=O) groups is 1. The maximum Gasteiger partial charge on any atom is 0.257 e. The summed E-state index contributed by atoms with van der Waals surface area (Å²) in [5, 5.41) is -0.118. The second-order valence-corrected chi connectivity index (χ2v) is 11.7. The molecule has 196 valence electrons. The van der Waals surface area contributed by atoms with Crippen LogP contribution in [0.2, 0.25) is 0 Å². The van der Waals surface area contributed by atoms with Crippen molar-refractivity contribution in [1.82, 2.24) is 14.5 Å². The van der Waals surface area contributed by atoms with E-state index in [4.69, 9.17) is 4.74 Å². The molecule has 0 N–H and O–H groups in total. The quantitative estimate of drug-likeness (QED) is 0.390. The van der Waals surface area contributed by atoms with E-state index in [0.717, 1.165) is 25.7 Å². The molecule has 1 amide bonds. The summed E-state index contributed by atoms with van der Waals surface area (Å²) < 4.78 is 62.0. The van der Waals surface area contributed by atoms with Gasteiger partial charge in [0.1, 0.15) is 11.6 Å². The topological polar surface area (TPSA) is 81.5 Å². The second kappa shape index (κ2) is 10.7. The molecule has 7 nitrogen and oxygen atoms in total. The Morgan fingerprint density at radius 3 is 2.51 bits per heavy atom. The van der Waals surface area contributed by atoms with E-state index in [0.29, 0.717) is 30.3 Å². The number of rotatable bonds is 10. The normalized spacial score (nSPS) is 17.7. The minimum atomic E-state index is -3.89. The molecule has 2 aromatic carbocycles. The average molecular weight is 530 g/mol. The lowest BCUT2D eigenvalue weighted by Gasteiger charge is -2.24. The fourth-order valence-electron chi connectivity index (χ4n) is 4.65. The van der Waals surface area contributed by atoms with Crippen LogP contribution >= 0.6 is 0 Å². The molecule has 0 radical (unpaired) electrons. The first-order chi connectivity index (χ1) is 17.8. The van der Waals surface area contributed by atoms with E-state index in [1.807, 2.05) is 0 Å². The zero-order valence-corrected chi connectivity index (χ0v) is 21.2. The van der Waals surface area contributed by atoms with Crippen LogP contribution < -0.4 is 0 Å². The average Bonchev–Trinajstić information content (AvgIpc) is 3.37. The van der Waals surface area contributed by atoms with Gasteiger partial charge in [0, 0.05) is 13.2 Å². The maximum absolute atomic E-state index is 14.5. The van der Waals surface area contributed by atoms with Crippen molar-refractivity contribution in [2.75, 3.05) is 13.2 Å². The highest BCUT2D eigenvalue weighted by Crippen LogP contribution is 2.31. The molecule has 2 heterocycles. The Hall–Kier alpha value is -3.11. The lowest BCUT2D eigenvalue weighted by Crippen LogP contribution is -2.34. The van der Waals surface area contributed by atoms with Crippen molar-refractivity contribution in [3.05, 3.63) is 83.2 Å². The van der Waals surface area contributed by atoms with Gasteiger partial charge in [0.25, 0.3) is 5.91 Å². The molecule has 0 unspecified atom stereocenters. The Balaban J connectivity index is 1.47. The number of sulfone groups is 1. The van der Waals surface area contributed by atoms with Crippen molar-refractivity contribution in [1.29, 1.82) is 0 Å². The molecule has 1 saturated heterocycles. The standard InChI is InChI=1S/C27H29F2N3O4S/c28-21-11-9-20(10-12-21)18-37(34,35)27-30-14-22(32(27)17-23-4-3-13-36-23)16-31(15-19-7-8-19)26(33)24-5-1-2-6-25(24)29/h1-2,5-6,9-12,14,19,23H,3-4,7-8,13,15-18H2/t23-/m1/s1. The van der Waals surface area contributed by atoms with Crippen LogP contribution in [-0.4, -0.2) is 48.0 Å². The zero-order chi connectivity index (χ0) is 26.0. The van der Waals surface area contributed by atoms with E-state index in [9.17, 15) is 22.0 Å². The number of benzene rings is 2. The van der Waals surface area contributed by atoms with Crippen LogP contribution in [0.5, 0.6) is 0 Å². The molecule has 2 aliphatic rings. The largest absolute Gasteiger partial charge is 0.376 e. The number of halogens is 2. The van der Waals surface area contributed by atoms with Gasteiger partial charge in [-0.15, -0.1) is 0 Å². The highest BCUT2D eigenvalue weighted by atomic mass is 32.2. The highest BCUT2D eigenvalue weighted by molar-refractivity contribution is 7.90. The van der Waals surface area contributed by atoms with Crippen molar-refractivity contribution in [3.63, 3.8) is 0 Å². The lowest BCUT2D eigenvalue weighted by atomic mass is 10.1. The van der Waals surface area contributed by atoms with Gasteiger partial charge in [-0.25, -0.2) is 22.2 Å². The van der Waals surface area contributed by atoms with Gasteiger partial charge in [0.15, 0.2) is 0 Å². The van der Waals surface area contributed by atoms with Crippen LogP contribution in [-0.2, 0) is 33.4 Å². The number of hydrogen-bond acceptors (Lipinski definition) is 5. The van der Waals surface area contributed by atoms with Crippen molar-refractivity contribution < 1.29 is 26.7 Å². The van der Waals surface area contributed by atoms with Crippen molar-refractivity contribution >= 4 is 15.7 Å². The molecule has 1 aliphatic carbocycles. The van der Waals surface area contributed by atoms with Crippen molar-refractivity contribution in [3.8, 4) is 0 Å². The number of ether oxygens (including phenoxy) is 1. The van der Waals surface area contributed by atoms with Gasteiger partial charge < -0.3 is 14.2 Å². The summed E-state index contributed by atoms with van der Waals surface area (Å²) in [5.74, 6) is -1.48. The third kappa shape index (κ3) is 6.07. The van der Waals surface area contributed by atoms with Crippen LogP contribution in [0.25, 0.3) is 0 Å². The molecule has 10 heteroatoms. The molecular formula is C27H29F2N3O4S. The first kappa shape index (κ1) is 25.5. The van der Waals surface area contributed by atoms with Gasteiger partial charge in [-0.3, -0.25) is 4.79 Å². The van der Waals surface area contributed by atoms with Crippen LogP contribution in [0.1, 0.15) is 47.3 Å². The van der Waals surface area contributed by atoms with Gasteiger partial charge in [-0.2, -0.15) is 0 Å². The monoisotopic (exact) mass is 529 g/mol. The number of nitrogens with zero attached hydrogens (tertiary/aromatic N) is 3. The van der Waals surface area contributed by atoms with E-state index >= 15 is 0 Å². The predicted molar refractivity (Wildman–Crippen MR) is 132 cm³/mol. The molecule has 1 aromatic heterocycles. The van der Waals surface area contributed by atoms with Crippen molar-refractivity contribution in [2.24, 2.45) is 5.92 Å². The zero-order valence-electron chi connectivity index (χ0n) is 20.4. The van der Waals surface area contributed by atoms with Crippen molar-refractivity contribution in [2.45, 2.75) is 55.8 Å². The maximum atomic E-state index is 14.5. The predicted octanol–water partition coefficient (Wildman–Crippen LogP) is 4.37. The Morgan fingerprint density at radius 2 is 1.84 bits per heavy atom. The van der Waals surface area contributed by atoms with Gasteiger partial charge in [-0.1, -0.05) is 24.3 Å². The van der Waals surface area contributed by atoms with E-state index in [1.165, 1.54) is 48.7 Å². The van der Waals surface area contributed by atoms with E-state index in [-0.39, 0.29) is 35.7 Å². The second-order valence-electron chi connectivity index (χ2n) is 9.77. The highest BCUT2D eigenvalue weighted by Gasteiger charge is 2.31. The Labute approximate surface area is 215 Å². The molecule has 1 atom stereocenters. The van der Waals surface area contributed by atoms with Gasteiger partial charge in [0.05, 0.1) is 42.4 Å². The summed E-state index contributed by atoms with van der Waals surface area (Å²) in [7, 11) is -3.89. The number of aromatic nitrogens is 2. The molecule has 0 spiro atoms. The van der Waals surface area contributed by atoms with E-state index in [2.05, 4.69) is 4.98 Å². The number of hydrogen-bond donors (Lipinski definition) is 0. The minimum Gasteiger partial charge on any atom is -0.376 e. The fraction of sp³-hybridized carbons (Fsp3) is 0.407. The number of imidazole rings is 1. The summed E-state index contributed by atoms with van der Waals surface area (Å²) in [6.07, 6.45) is 4.95. The molecule has 3 aromatic rings. The van der Waals surface area contributed by atoms with Gasteiger partial charge in [-0.05, 0) is 61.4 Å². The summed E-state index contributed by atoms with van der Waals surface area (Å²) in [6, 6.07) is 11.2. The molecule has 5 rings (SSSR count). The third-order valence-electron chi connectivity index (χ3n) is 6.78. The molecule has 1 aliphatic heterocycles.